The van der Waals surface area contributed by atoms with E-state index in [1.807, 2.05) is 36.2 Å². The normalized spacial score (nSPS) is 27.6. The molecule has 0 aromatic heterocycles. The molecule has 3 unspecified atom stereocenters. The first-order chi connectivity index (χ1) is 8.49. The van der Waals surface area contributed by atoms with Gasteiger partial charge in [-0.05, 0) is 24.7 Å². The fourth-order valence-corrected chi connectivity index (χ4v) is 2.95. The monoisotopic (exact) mass is 334 g/mol. The van der Waals surface area contributed by atoms with Crippen LogP contribution in [0.5, 0.6) is 0 Å². The van der Waals surface area contributed by atoms with E-state index in [0.717, 1.165) is 10.0 Å². The molecule has 7 heteroatoms. The molecule has 2 rings (SSSR count). The third kappa shape index (κ3) is 2.98. The van der Waals surface area contributed by atoms with Crippen LogP contribution in [0.15, 0.2) is 28.7 Å². The van der Waals surface area contributed by atoms with E-state index in [1.54, 1.807) is 12.1 Å². The molecule has 3 atom stereocenters. The lowest BCUT2D eigenvalue weighted by Crippen LogP contribution is -2.39. The first kappa shape index (κ1) is 14.1. The van der Waals surface area contributed by atoms with Crippen LogP contribution in [0.25, 0.3) is 0 Å². The molecule has 0 aliphatic carbocycles. The number of nitrogens with zero attached hydrogens (tertiary/aromatic N) is 2. The topological polar surface area (TPSA) is 53.0 Å². The molecule has 1 heterocycles. The van der Waals surface area contributed by atoms with Crippen LogP contribution in [0.4, 0.5) is 0 Å². The molecule has 1 aliphatic heterocycles. The lowest BCUT2D eigenvalue weighted by atomic mass is 10.2. The summed E-state index contributed by atoms with van der Waals surface area (Å²) < 4.78 is 20.9. The summed E-state index contributed by atoms with van der Waals surface area (Å²) in [6.07, 6.45) is -0.430. The van der Waals surface area contributed by atoms with E-state index in [2.05, 4.69) is 15.9 Å². The summed E-state index contributed by atoms with van der Waals surface area (Å²) in [6, 6.07) is 7.84. The van der Waals surface area contributed by atoms with E-state index >= 15 is 0 Å². The fourth-order valence-electron chi connectivity index (χ4n) is 1.99. The average molecular weight is 335 g/mol. The summed E-state index contributed by atoms with van der Waals surface area (Å²) in [4.78, 5) is 7.65. The Morgan fingerprint density at radius 2 is 2.00 bits per heavy atom. The standard InChI is InChI=1S/C11H15BrN2O3S/c1-13-10(7-18(15)16)14(2)17-11(13)8-3-5-9(12)6-4-8/h3-6,10-11H,7H2,1-2H3,(H,15,16). The Kier molecular flexibility index (Phi) is 4.52. The summed E-state index contributed by atoms with van der Waals surface area (Å²) in [5.74, 6) is 0.139. The van der Waals surface area contributed by atoms with E-state index in [9.17, 15) is 4.21 Å². The number of rotatable bonds is 3. The molecule has 0 radical (unpaired) electrons. The molecule has 1 aromatic carbocycles. The number of hydroxylamine groups is 2. The third-order valence-electron chi connectivity index (χ3n) is 2.97. The summed E-state index contributed by atoms with van der Waals surface area (Å²) >= 11 is 1.54. The van der Waals surface area contributed by atoms with Crippen molar-refractivity contribution in [3.63, 3.8) is 0 Å². The quantitative estimate of drug-likeness (QED) is 0.854. The molecule has 1 N–H and O–H groups in total. The molecule has 0 bridgehead atoms. The van der Waals surface area contributed by atoms with Crippen LogP contribution in [0, 0.1) is 0 Å². The first-order valence-corrected chi connectivity index (χ1v) is 7.50. The maximum atomic E-state index is 10.9. The van der Waals surface area contributed by atoms with Gasteiger partial charge in [-0.2, -0.15) is 5.06 Å². The van der Waals surface area contributed by atoms with Gasteiger partial charge in [0.2, 0.25) is 0 Å². The zero-order valence-electron chi connectivity index (χ0n) is 10.1. The van der Waals surface area contributed by atoms with Crippen LogP contribution >= 0.6 is 15.9 Å². The third-order valence-corrected chi connectivity index (χ3v) is 4.08. The van der Waals surface area contributed by atoms with Crippen molar-refractivity contribution in [3.8, 4) is 0 Å². The highest BCUT2D eigenvalue weighted by atomic mass is 79.9. The van der Waals surface area contributed by atoms with Crippen molar-refractivity contribution < 1.29 is 13.6 Å². The van der Waals surface area contributed by atoms with Crippen molar-refractivity contribution >= 4 is 27.0 Å². The molecule has 5 nitrogen and oxygen atoms in total. The highest BCUT2D eigenvalue weighted by Gasteiger charge is 2.37. The maximum Gasteiger partial charge on any atom is 0.159 e. The van der Waals surface area contributed by atoms with Gasteiger partial charge in [-0.25, -0.2) is 4.21 Å². The molecule has 0 amide bonds. The highest BCUT2D eigenvalue weighted by molar-refractivity contribution is 9.10. The molecule has 0 spiro atoms. The van der Waals surface area contributed by atoms with Crippen molar-refractivity contribution in [1.82, 2.24) is 9.96 Å². The predicted octanol–water partition coefficient (Wildman–Crippen LogP) is 1.80. The predicted molar refractivity (Wildman–Crippen MR) is 72.9 cm³/mol. The zero-order valence-corrected chi connectivity index (χ0v) is 12.5. The molecule has 1 fully saturated rings. The van der Waals surface area contributed by atoms with Crippen LogP contribution in [0.2, 0.25) is 0 Å². The van der Waals surface area contributed by atoms with Gasteiger partial charge in [-0.15, -0.1) is 0 Å². The fraction of sp³-hybridized carbons (Fsp3) is 0.455. The molecule has 18 heavy (non-hydrogen) atoms. The number of hydrogen-bond donors (Lipinski definition) is 1. The van der Waals surface area contributed by atoms with Crippen LogP contribution < -0.4 is 0 Å². The maximum absolute atomic E-state index is 10.9. The van der Waals surface area contributed by atoms with Crippen molar-refractivity contribution in [2.75, 3.05) is 19.8 Å². The molecule has 0 saturated carbocycles. The van der Waals surface area contributed by atoms with E-state index in [4.69, 9.17) is 9.39 Å². The van der Waals surface area contributed by atoms with Crippen LogP contribution in [-0.4, -0.2) is 44.7 Å². The lowest BCUT2D eigenvalue weighted by molar-refractivity contribution is -0.145. The summed E-state index contributed by atoms with van der Waals surface area (Å²) in [5, 5.41) is 1.63. The zero-order chi connectivity index (χ0) is 13.3. The molecular weight excluding hydrogens is 320 g/mol. The van der Waals surface area contributed by atoms with E-state index < -0.39 is 11.1 Å². The second-order valence-corrected chi connectivity index (χ2v) is 6.08. The van der Waals surface area contributed by atoms with Crippen LogP contribution in [0.3, 0.4) is 0 Å². The van der Waals surface area contributed by atoms with Crippen molar-refractivity contribution in [2.45, 2.75) is 12.4 Å². The Hall–Kier alpha value is -0.310. The van der Waals surface area contributed by atoms with Gasteiger partial charge in [0.1, 0.15) is 6.17 Å². The van der Waals surface area contributed by atoms with Gasteiger partial charge in [-0.3, -0.25) is 9.74 Å². The van der Waals surface area contributed by atoms with Gasteiger partial charge in [0.15, 0.2) is 17.3 Å². The van der Waals surface area contributed by atoms with Crippen LogP contribution in [0.1, 0.15) is 11.8 Å². The minimum Gasteiger partial charge on any atom is -0.306 e. The SMILES string of the molecule is CN1OC(c2ccc(Br)cc2)N(C)C1CS(=O)O. The van der Waals surface area contributed by atoms with Crippen molar-refractivity contribution in [3.05, 3.63) is 34.3 Å². The second-order valence-electron chi connectivity index (χ2n) is 4.19. The lowest BCUT2D eigenvalue weighted by Gasteiger charge is -2.22. The number of hydrogen-bond acceptors (Lipinski definition) is 4. The molecule has 1 saturated heterocycles. The van der Waals surface area contributed by atoms with Crippen molar-refractivity contribution in [2.24, 2.45) is 0 Å². The Balaban J connectivity index is 2.16. The van der Waals surface area contributed by atoms with Gasteiger partial charge in [-0.1, -0.05) is 28.1 Å². The average Bonchev–Trinajstić information content (AvgIpc) is 2.58. The van der Waals surface area contributed by atoms with E-state index in [0.29, 0.717) is 0 Å². The second kappa shape index (κ2) is 5.77. The highest BCUT2D eigenvalue weighted by Crippen LogP contribution is 2.32. The Labute approximate surface area is 117 Å². The van der Waals surface area contributed by atoms with Crippen molar-refractivity contribution in [1.29, 1.82) is 0 Å². The summed E-state index contributed by atoms with van der Waals surface area (Å²) in [7, 11) is 3.65. The van der Waals surface area contributed by atoms with Gasteiger partial charge in [0.25, 0.3) is 0 Å². The number of benzene rings is 1. The van der Waals surface area contributed by atoms with Gasteiger partial charge < -0.3 is 4.55 Å². The van der Waals surface area contributed by atoms with Gasteiger partial charge in [0.05, 0.1) is 5.75 Å². The Morgan fingerprint density at radius 3 is 2.56 bits per heavy atom. The summed E-state index contributed by atoms with van der Waals surface area (Å²) in [5.41, 5.74) is 1.01. The minimum atomic E-state index is -1.84. The van der Waals surface area contributed by atoms with E-state index in [-0.39, 0.29) is 18.1 Å². The largest absolute Gasteiger partial charge is 0.306 e. The molecule has 1 aliphatic rings. The van der Waals surface area contributed by atoms with Gasteiger partial charge >= 0.3 is 0 Å². The molecule has 100 valence electrons. The molecule has 1 aromatic rings. The Bertz CT molecular complexity index is 442. The van der Waals surface area contributed by atoms with Gasteiger partial charge in [0, 0.05) is 11.5 Å². The Morgan fingerprint density at radius 1 is 1.39 bits per heavy atom. The molecular formula is C11H15BrN2O3S. The summed E-state index contributed by atoms with van der Waals surface area (Å²) in [6.45, 7) is 0. The minimum absolute atomic E-state index is 0.139. The van der Waals surface area contributed by atoms with Crippen LogP contribution in [-0.2, 0) is 15.9 Å². The van der Waals surface area contributed by atoms with E-state index in [1.165, 1.54) is 0 Å². The smallest absolute Gasteiger partial charge is 0.159 e. The first-order valence-electron chi connectivity index (χ1n) is 5.43. The number of halogens is 1.